The van der Waals surface area contributed by atoms with Gasteiger partial charge in [0.2, 0.25) is 5.91 Å². The summed E-state index contributed by atoms with van der Waals surface area (Å²) in [6.45, 7) is 0. The number of fused-ring (bicyclic) bond motifs is 1. The number of nitriles is 1. The molecule has 0 bridgehead atoms. The van der Waals surface area contributed by atoms with Gasteiger partial charge >= 0.3 is 0 Å². The zero-order valence-electron chi connectivity index (χ0n) is 10.0. The van der Waals surface area contributed by atoms with Gasteiger partial charge < -0.3 is 4.90 Å². The molecule has 0 aliphatic heterocycles. The van der Waals surface area contributed by atoms with Crippen LogP contribution in [0.2, 0.25) is 0 Å². The number of hydrogen-bond acceptors (Lipinski definition) is 3. The molecule has 0 spiro atoms. The van der Waals surface area contributed by atoms with Crippen LogP contribution < -0.4 is 4.90 Å². The van der Waals surface area contributed by atoms with Crippen molar-refractivity contribution < 1.29 is 4.79 Å². The number of hydrogen-bond donors (Lipinski definition) is 0. The van der Waals surface area contributed by atoms with Crippen molar-refractivity contribution in [2.24, 2.45) is 5.41 Å². The lowest BCUT2D eigenvalue weighted by Crippen LogP contribution is -2.33. The van der Waals surface area contributed by atoms with Gasteiger partial charge in [-0.05, 0) is 18.9 Å². The zero-order valence-corrected chi connectivity index (χ0v) is 10.8. The highest BCUT2D eigenvalue weighted by molar-refractivity contribution is 7.17. The van der Waals surface area contributed by atoms with Crippen molar-refractivity contribution in [2.75, 3.05) is 11.9 Å². The van der Waals surface area contributed by atoms with E-state index in [0.717, 1.165) is 15.8 Å². The van der Waals surface area contributed by atoms with E-state index >= 15 is 0 Å². The topological polar surface area (TPSA) is 44.1 Å². The zero-order chi connectivity index (χ0) is 12.8. The molecule has 1 aromatic carbocycles. The molecule has 90 valence electrons. The van der Waals surface area contributed by atoms with Gasteiger partial charge in [0.25, 0.3) is 0 Å². The second-order valence-corrected chi connectivity index (χ2v) is 5.59. The van der Waals surface area contributed by atoms with Crippen molar-refractivity contribution in [2.45, 2.75) is 12.8 Å². The lowest BCUT2D eigenvalue weighted by molar-refractivity contribution is -0.121. The average molecular weight is 256 g/mol. The van der Waals surface area contributed by atoms with E-state index in [9.17, 15) is 4.79 Å². The van der Waals surface area contributed by atoms with Crippen molar-refractivity contribution in [1.82, 2.24) is 0 Å². The third kappa shape index (κ3) is 1.52. The van der Waals surface area contributed by atoms with E-state index < -0.39 is 5.41 Å². The molecule has 0 radical (unpaired) electrons. The van der Waals surface area contributed by atoms with Crippen LogP contribution in [0.15, 0.2) is 29.6 Å². The van der Waals surface area contributed by atoms with E-state index in [4.69, 9.17) is 5.26 Å². The van der Waals surface area contributed by atoms with Crippen LogP contribution in [0.25, 0.3) is 10.1 Å². The standard InChI is InChI=1S/C14H12N2OS/c1-16(13(17)14(9-15)6-7-14)11-8-18-12-5-3-2-4-10(11)12/h2-5,8H,6-7H2,1H3. The van der Waals surface area contributed by atoms with Crippen LogP contribution >= 0.6 is 11.3 Å². The molecular formula is C14H12N2OS. The third-order valence-electron chi connectivity index (χ3n) is 3.50. The smallest absolute Gasteiger partial charge is 0.247 e. The van der Waals surface area contributed by atoms with Gasteiger partial charge in [-0.1, -0.05) is 18.2 Å². The number of rotatable bonds is 2. The molecule has 18 heavy (non-hydrogen) atoms. The minimum Gasteiger partial charge on any atom is -0.313 e. The van der Waals surface area contributed by atoms with Gasteiger partial charge in [0, 0.05) is 22.5 Å². The molecule has 1 aliphatic rings. The molecule has 0 unspecified atom stereocenters. The molecule has 3 rings (SSSR count). The van der Waals surface area contributed by atoms with E-state index in [1.165, 1.54) is 0 Å². The van der Waals surface area contributed by atoms with Crippen LogP contribution in [-0.2, 0) is 4.79 Å². The number of carbonyl (C=O) groups is 1. The molecule has 1 aliphatic carbocycles. The van der Waals surface area contributed by atoms with Crippen molar-refractivity contribution in [3.63, 3.8) is 0 Å². The quantitative estimate of drug-likeness (QED) is 0.828. The van der Waals surface area contributed by atoms with Crippen molar-refractivity contribution in [1.29, 1.82) is 5.26 Å². The molecule has 1 amide bonds. The number of thiophene rings is 1. The Kier molecular flexibility index (Phi) is 2.39. The largest absolute Gasteiger partial charge is 0.313 e. The number of nitrogens with zero attached hydrogens (tertiary/aromatic N) is 2. The minimum absolute atomic E-state index is 0.0754. The van der Waals surface area contributed by atoms with E-state index in [2.05, 4.69) is 6.07 Å². The third-order valence-corrected chi connectivity index (χ3v) is 4.45. The molecule has 2 aromatic rings. The Bertz CT molecular complexity index is 664. The first-order valence-electron chi connectivity index (χ1n) is 5.84. The van der Waals surface area contributed by atoms with Crippen LogP contribution in [0.1, 0.15) is 12.8 Å². The molecular weight excluding hydrogens is 244 g/mol. The maximum Gasteiger partial charge on any atom is 0.247 e. The fourth-order valence-electron chi connectivity index (χ4n) is 2.15. The highest BCUT2D eigenvalue weighted by atomic mass is 32.1. The molecule has 1 aromatic heterocycles. The second-order valence-electron chi connectivity index (χ2n) is 4.68. The predicted molar refractivity (Wildman–Crippen MR) is 72.5 cm³/mol. The van der Waals surface area contributed by atoms with Crippen molar-refractivity contribution in [3.8, 4) is 6.07 Å². The highest BCUT2D eigenvalue weighted by Crippen LogP contribution is 2.47. The first kappa shape index (κ1) is 11.2. The number of benzene rings is 1. The monoisotopic (exact) mass is 256 g/mol. The van der Waals surface area contributed by atoms with Gasteiger partial charge in [-0.25, -0.2) is 0 Å². The van der Waals surface area contributed by atoms with E-state index in [1.54, 1.807) is 23.3 Å². The van der Waals surface area contributed by atoms with Crippen LogP contribution in [0.3, 0.4) is 0 Å². The molecule has 0 atom stereocenters. The molecule has 3 nitrogen and oxygen atoms in total. The summed E-state index contributed by atoms with van der Waals surface area (Å²) in [6.07, 6.45) is 1.38. The van der Waals surface area contributed by atoms with Gasteiger partial charge in [-0.3, -0.25) is 4.79 Å². The van der Waals surface area contributed by atoms with Crippen LogP contribution in [0.5, 0.6) is 0 Å². The second kappa shape index (κ2) is 3.82. The summed E-state index contributed by atoms with van der Waals surface area (Å²) >= 11 is 1.62. The van der Waals surface area contributed by atoms with Gasteiger partial charge in [0.15, 0.2) is 0 Å². The summed E-state index contributed by atoms with van der Waals surface area (Å²) in [4.78, 5) is 13.9. The molecule has 1 saturated carbocycles. The summed E-state index contributed by atoms with van der Waals surface area (Å²) in [5.74, 6) is -0.0754. The summed E-state index contributed by atoms with van der Waals surface area (Å²) < 4.78 is 1.16. The summed E-state index contributed by atoms with van der Waals surface area (Å²) in [6, 6.07) is 10.2. The van der Waals surface area contributed by atoms with Crippen LogP contribution in [0.4, 0.5) is 5.69 Å². The molecule has 1 fully saturated rings. The lowest BCUT2D eigenvalue weighted by Gasteiger charge is -2.19. The van der Waals surface area contributed by atoms with Gasteiger partial charge in [-0.15, -0.1) is 11.3 Å². The molecule has 0 N–H and O–H groups in total. The molecule has 4 heteroatoms. The lowest BCUT2D eigenvalue weighted by atomic mass is 10.1. The van der Waals surface area contributed by atoms with Gasteiger partial charge in [0.05, 0.1) is 11.8 Å². The van der Waals surface area contributed by atoms with Crippen molar-refractivity contribution in [3.05, 3.63) is 29.6 Å². The van der Waals surface area contributed by atoms with Crippen molar-refractivity contribution >= 4 is 33.0 Å². The predicted octanol–water partition coefficient (Wildman–Crippen LogP) is 3.17. The Morgan fingerprint density at radius 2 is 2.17 bits per heavy atom. The number of carbonyl (C=O) groups excluding carboxylic acids is 1. The fourth-order valence-corrected chi connectivity index (χ4v) is 3.13. The Balaban J connectivity index is 2.00. The molecule has 0 saturated heterocycles. The van der Waals surface area contributed by atoms with E-state index in [1.807, 2.05) is 29.6 Å². The first-order chi connectivity index (χ1) is 8.68. The maximum absolute atomic E-state index is 12.3. The molecule has 1 heterocycles. The van der Waals surface area contributed by atoms with Gasteiger partial charge in [-0.2, -0.15) is 5.26 Å². The maximum atomic E-state index is 12.3. The SMILES string of the molecule is CN(C(=O)C1(C#N)CC1)c1csc2ccccc12. The summed E-state index contributed by atoms with van der Waals surface area (Å²) in [5.41, 5.74) is 0.153. The Labute approximate surface area is 109 Å². The Morgan fingerprint density at radius 1 is 1.44 bits per heavy atom. The van der Waals surface area contributed by atoms with E-state index in [0.29, 0.717) is 12.8 Å². The Hall–Kier alpha value is -1.86. The number of amides is 1. The normalized spacial score (nSPS) is 16.2. The summed E-state index contributed by atoms with van der Waals surface area (Å²) in [5, 5.41) is 12.1. The minimum atomic E-state index is -0.752. The van der Waals surface area contributed by atoms with Crippen LogP contribution in [0, 0.1) is 16.7 Å². The number of anilines is 1. The summed E-state index contributed by atoms with van der Waals surface area (Å²) in [7, 11) is 1.76. The van der Waals surface area contributed by atoms with E-state index in [-0.39, 0.29) is 5.91 Å². The van der Waals surface area contributed by atoms with Crippen LogP contribution in [-0.4, -0.2) is 13.0 Å². The average Bonchev–Trinajstić information content (AvgIpc) is 3.10. The first-order valence-corrected chi connectivity index (χ1v) is 6.71. The fraction of sp³-hybridized carbons (Fsp3) is 0.286. The highest BCUT2D eigenvalue weighted by Gasteiger charge is 2.52. The van der Waals surface area contributed by atoms with Gasteiger partial charge in [0.1, 0.15) is 5.41 Å². The Morgan fingerprint density at radius 3 is 2.83 bits per heavy atom.